The van der Waals surface area contributed by atoms with E-state index in [1.165, 1.54) is 0 Å². The third-order valence-electron chi connectivity index (χ3n) is 3.88. The molecule has 8 nitrogen and oxygen atoms in total. The zero-order chi connectivity index (χ0) is 21.0. The molecule has 3 rings (SSSR count). The highest BCUT2D eigenvalue weighted by Gasteiger charge is 2.13. The number of aromatic hydroxyl groups is 1. The number of non-ortho nitro benzene ring substituents is 1. The predicted molar refractivity (Wildman–Crippen MR) is 116 cm³/mol. The van der Waals surface area contributed by atoms with Crippen LogP contribution >= 0.6 is 28.1 Å². The number of nitro groups is 1. The van der Waals surface area contributed by atoms with Crippen LogP contribution in [0.15, 0.2) is 59.1 Å². The Morgan fingerprint density at radius 1 is 1.21 bits per heavy atom. The number of phenolic OH excluding ortho intramolecular Hbond substituents is 1. The Hall–Kier alpha value is -3.24. The molecule has 0 unspecified atom stereocenters. The molecular formula is C19H14BrN3O5S. The topological polar surface area (TPSA) is 114 Å². The molecule has 0 radical (unpaired) electrons. The first kappa shape index (κ1) is 20.5. The molecule has 0 aromatic heterocycles. The lowest BCUT2D eigenvalue weighted by molar-refractivity contribution is -0.384. The SMILES string of the molecule is O=C(COc1ccc2ccccc2c1Br)NC(=S)Nc1cc([N+](=O)[O-])ccc1O. The van der Waals surface area contributed by atoms with Gasteiger partial charge < -0.3 is 15.2 Å². The van der Waals surface area contributed by atoms with Crippen molar-refractivity contribution in [2.24, 2.45) is 0 Å². The standard InChI is InChI=1S/C19H14BrN3O5S/c20-18-13-4-2-1-3-11(13)5-8-16(18)28-10-17(25)22-19(29)21-14-9-12(23(26)27)6-7-15(14)24/h1-9,24H,10H2,(H2,21,22,25,29). The molecule has 0 aliphatic heterocycles. The summed E-state index contributed by atoms with van der Waals surface area (Å²) in [5.74, 6) is -0.287. The van der Waals surface area contributed by atoms with Gasteiger partial charge in [0.15, 0.2) is 11.7 Å². The molecule has 0 saturated heterocycles. The highest BCUT2D eigenvalue weighted by atomic mass is 79.9. The summed E-state index contributed by atoms with van der Waals surface area (Å²) in [6.45, 7) is -0.306. The minimum Gasteiger partial charge on any atom is -0.506 e. The van der Waals surface area contributed by atoms with Crippen LogP contribution in [0.1, 0.15) is 0 Å². The maximum Gasteiger partial charge on any atom is 0.271 e. The highest BCUT2D eigenvalue weighted by molar-refractivity contribution is 9.10. The summed E-state index contributed by atoms with van der Waals surface area (Å²) < 4.78 is 6.27. The Balaban J connectivity index is 1.60. The van der Waals surface area contributed by atoms with E-state index in [1.807, 2.05) is 30.3 Å². The number of anilines is 1. The number of carbonyl (C=O) groups excluding carboxylic acids is 1. The van der Waals surface area contributed by atoms with Gasteiger partial charge in [-0.25, -0.2) is 0 Å². The first-order valence-electron chi connectivity index (χ1n) is 8.23. The molecule has 0 spiro atoms. The molecule has 0 heterocycles. The van der Waals surface area contributed by atoms with E-state index in [-0.39, 0.29) is 28.8 Å². The number of benzene rings is 3. The number of fused-ring (bicyclic) bond motifs is 1. The van der Waals surface area contributed by atoms with Gasteiger partial charge in [-0.3, -0.25) is 20.2 Å². The van der Waals surface area contributed by atoms with Crippen molar-refractivity contribution in [3.8, 4) is 11.5 Å². The van der Waals surface area contributed by atoms with E-state index in [2.05, 4.69) is 26.6 Å². The second-order valence-electron chi connectivity index (χ2n) is 5.85. The van der Waals surface area contributed by atoms with Crippen molar-refractivity contribution in [2.75, 3.05) is 11.9 Å². The van der Waals surface area contributed by atoms with Gasteiger partial charge in [-0.05, 0) is 51.1 Å². The number of phenols is 1. The first-order valence-corrected chi connectivity index (χ1v) is 9.43. The molecule has 0 aliphatic rings. The van der Waals surface area contributed by atoms with Gasteiger partial charge in [0.1, 0.15) is 11.5 Å². The molecule has 3 N–H and O–H groups in total. The molecule has 0 fully saturated rings. The maximum atomic E-state index is 12.1. The van der Waals surface area contributed by atoms with E-state index in [1.54, 1.807) is 6.07 Å². The van der Waals surface area contributed by atoms with Crippen LogP contribution in [-0.4, -0.2) is 27.7 Å². The number of nitrogens with one attached hydrogen (secondary N) is 2. The highest BCUT2D eigenvalue weighted by Crippen LogP contribution is 2.33. The molecule has 10 heteroatoms. The Morgan fingerprint density at radius 3 is 2.72 bits per heavy atom. The quantitative estimate of drug-likeness (QED) is 0.220. The van der Waals surface area contributed by atoms with Crippen molar-refractivity contribution in [3.63, 3.8) is 0 Å². The Labute approximate surface area is 178 Å². The Morgan fingerprint density at radius 2 is 1.97 bits per heavy atom. The average Bonchev–Trinajstić information content (AvgIpc) is 2.69. The Kier molecular flexibility index (Phi) is 6.25. The van der Waals surface area contributed by atoms with E-state index in [9.17, 15) is 20.0 Å². The van der Waals surface area contributed by atoms with Gasteiger partial charge in [0.05, 0.1) is 15.1 Å². The summed E-state index contributed by atoms with van der Waals surface area (Å²) in [5.41, 5.74) is -0.230. The average molecular weight is 476 g/mol. The van der Waals surface area contributed by atoms with E-state index in [0.29, 0.717) is 5.75 Å². The number of rotatable bonds is 5. The van der Waals surface area contributed by atoms with Crippen LogP contribution in [0.3, 0.4) is 0 Å². The number of carbonyl (C=O) groups is 1. The van der Waals surface area contributed by atoms with E-state index in [4.69, 9.17) is 17.0 Å². The summed E-state index contributed by atoms with van der Waals surface area (Å²) >= 11 is 8.49. The fraction of sp³-hybridized carbons (Fsp3) is 0.0526. The third-order valence-corrected chi connectivity index (χ3v) is 4.90. The van der Waals surface area contributed by atoms with Crippen LogP contribution in [0.2, 0.25) is 0 Å². The number of thiocarbonyl (C=S) groups is 1. The van der Waals surface area contributed by atoms with Crippen LogP contribution in [0, 0.1) is 10.1 Å². The van der Waals surface area contributed by atoms with Crippen LogP contribution < -0.4 is 15.4 Å². The Bertz CT molecular complexity index is 1120. The first-order chi connectivity index (χ1) is 13.8. The second kappa shape index (κ2) is 8.84. The molecule has 1 amide bonds. The van der Waals surface area contributed by atoms with Crippen molar-refractivity contribution in [2.45, 2.75) is 0 Å². The van der Waals surface area contributed by atoms with Gasteiger partial charge in [0.2, 0.25) is 0 Å². The van der Waals surface area contributed by atoms with E-state index < -0.39 is 10.8 Å². The van der Waals surface area contributed by atoms with Gasteiger partial charge in [-0.1, -0.05) is 30.3 Å². The number of hydrogen-bond donors (Lipinski definition) is 3. The smallest absolute Gasteiger partial charge is 0.271 e. The minimum atomic E-state index is -0.610. The van der Waals surface area contributed by atoms with Crippen LogP contribution in [0.5, 0.6) is 11.5 Å². The third kappa shape index (κ3) is 4.98. The molecule has 3 aromatic rings. The summed E-state index contributed by atoms with van der Waals surface area (Å²) in [6.07, 6.45) is 0. The van der Waals surface area contributed by atoms with Gasteiger partial charge in [-0.2, -0.15) is 0 Å². The van der Waals surface area contributed by atoms with Crippen molar-refractivity contribution >= 4 is 61.3 Å². The fourth-order valence-corrected chi connectivity index (χ4v) is 3.35. The molecule has 3 aromatic carbocycles. The van der Waals surface area contributed by atoms with Crippen molar-refractivity contribution in [1.29, 1.82) is 0 Å². The number of nitrogens with zero attached hydrogens (tertiary/aromatic N) is 1. The van der Waals surface area contributed by atoms with E-state index >= 15 is 0 Å². The van der Waals surface area contributed by atoms with Gasteiger partial charge >= 0.3 is 0 Å². The maximum absolute atomic E-state index is 12.1. The largest absolute Gasteiger partial charge is 0.506 e. The second-order valence-corrected chi connectivity index (χ2v) is 7.05. The molecule has 29 heavy (non-hydrogen) atoms. The number of nitro benzene ring substituents is 1. The predicted octanol–water partition coefficient (Wildman–Crippen LogP) is 4.11. The summed E-state index contributed by atoms with van der Waals surface area (Å²) in [7, 11) is 0. The monoisotopic (exact) mass is 475 g/mol. The summed E-state index contributed by atoms with van der Waals surface area (Å²) in [5, 5.41) is 27.4. The zero-order valence-corrected chi connectivity index (χ0v) is 17.1. The molecule has 0 atom stereocenters. The van der Waals surface area contributed by atoms with Crippen LogP contribution in [-0.2, 0) is 4.79 Å². The zero-order valence-electron chi connectivity index (χ0n) is 14.7. The van der Waals surface area contributed by atoms with Crippen molar-refractivity contribution < 1.29 is 19.6 Å². The number of ether oxygens (including phenoxy) is 1. The lowest BCUT2D eigenvalue weighted by Gasteiger charge is -2.12. The summed E-state index contributed by atoms with van der Waals surface area (Å²) in [6, 6.07) is 14.8. The van der Waals surface area contributed by atoms with E-state index in [0.717, 1.165) is 33.4 Å². The van der Waals surface area contributed by atoms with Gasteiger partial charge in [-0.15, -0.1) is 0 Å². The number of halogens is 1. The molecule has 148 valence electrons. The normalized spacial score (nSPS) is 10.4. The number of hydrogen-bond acceptors (Lipinski definition) is 6. The summed E-state index contributed by atoms with van der Waals surface area (Å²) in [4.78, 5) is 22.3. The van der Waals surface area contributed by atoms with Crippen LogP contribution in [0.25, 0.3) is 10.8 Å². The lowest BCUT2D eigenvalue weighted by Crippen LogP contribution is -2.37. The molecule has 0 saturated carbocycles. The van der Waals surface area contributed by atoms with Crippen molar-refractivity contribution in [3.05, 3.63) is 69.2 Å². The molecule has 0 bridgehead atoms. The van der Waals surface area contributed by atoms with Crippen LogP contribution in [0.4, 0.5) is 11.4 Å². The molecular weight excluding hydrogens is 462 g/mol. The van der Waals surface area contributed by atoms with Crippen molar-refractivity contribution in [1.82, 2.24) is 5.32 Å². The van der Waals surface area contributed by atoms with Gasteiger partial charge in [0, 0.05) is 12.1 Å². The minimum absolute atomic E-state index is 0.00249. The molecule has 0 aliphatic carbocycles. The number of amides is 1. The van der Waals surface area contributed by atoms with Gasteiger partial charge in [0.25, 0.3) is 11.6 Å². The fourth-order valence-electron chi connectivity index (χ4n) is 2.52. The lowest BCUT2D eigenvalue weighted by atomic mass is 10.1.